The first-order valence-electron chi connectivity index (χ1n) is 5.55. The van der Waals surface area contributed by atoms with Crippen molar-refractivity contribution in [1.82, 2.24) is 5.32 Å². The van der Waals surface area contributed by atoms with Crippen molar-refractivity contribution >= 4 is 0 Å². The third kappa shape index (κ3) is 3.05. The minimum Gasteiger partial charge on any atom is -0.378 e. The molecule has 1 heterocycles. The van der Waals surface area contributed by atoms with E-state index in [0.717, 1.165) is 19.6 Å². The predicted octanol–water partition coefficient (Wildman–Crippen LogP) is 2.00. The second-order valence-electron chi connectivity index (χ2n) is 4.93. The van der Waals surface area contributed by atoms with Crippen molar-refractivity contribution in [3.8, 4) is 0 Å². The van der Waals surface area contributed by atoms with Gasteiger partial charge in [0.05, 0.1) is 13.2 Å². The molecular weight excluding hydrogens is 186 g/mol. The molecule has 0 radical (unpaired) electrons. The molecule has 0 amide bonds. The van der Waals surface area contributed by atoms with E-state index >= 15 is 0 Å². The van der Waals surface area contributed by atoms with Crippen LogP contribution in [0.2, 0.25) is 0 Å². The molecular formula is C13H19NO. The molecule has 0 bridgehead atoms. The van der Waals surface area contributed by atoms with Gasteiger partial charge in [0.15, 0.2) is 0 Å². The van der Waals surface area contributed by atoms with Crippen LogP contribution in [-0.2, 0) is 11.2 Å². The summed E-state index contributed by atoms with van der Waals surface area (Å²) >= 11 is 0. The molecule has 2 nitrogen and oxygen atoms in total. The maximum Gasteiger partial charge on any atom is 0.0643 e. The van der Waals surface area contributed by atoms with Crippen LogP contribution in [0.4, 0.5) is 0 Å². The van der Waals surface area contributed by atoms with Gasteiger partial charge in [-0.1, -0.05) is 30.3 Å². The van der Waals surface area contributed by atoms with Crippen molar-refractivity contribution in [3.63, 3.8) is 0 Å². The summed E-state index contributed by atoms with van der Waals surface area (Å²) in [5.74, 6) is 0. The largest absolute Gasteiger partial charge is 0.378 e. The van der Waals surface area contributed by atoms with Crippen molar-refractivity contribution in [2.24, 2.45) is 0 Å². The lowest BCUT2D eigenvalue weighted by Crippen LogP contribution is -2.56. The average molecular weight is 205 g/mol. The molecule has 1 aliphatic rings. The van der Waals surface area contributed by atoms with Crippen LogP contribution in [0, 0.1) is 0 Å². The molecule has 0 saturated carbocycles. The molecule has 1 aromatic rings. The second kappa shape index (κ2) is 4.33. The minimum atomic E-state index is 0.109. The van der Waals surface area contributed by atoms with Gasteiger partial charge in [0.2, 0.25) is 0 Å². The molecule has 0 aliphatic carbocycles. The first-order chi connectivity index (χ1) is 7.16. The van der Waals surface area contributed by atoms with E-state index in [1.807, 2.05) is 0 Å². The van der Waals surface area contributed by atoms with Gasteiger partial charge in [-0.3, -0.25) is 0 Å². The first-order valence-corrected chi connectivity index (χ1v) is 5.55. The first kappa shape index (κ1) is 10.7. The molecule has 1 N–H and O–H groups in total. The molecule has 0 spiro atoms. The highest BCUT2D eigenvalue weighted by molar-refractivity contribution is 5.16. The third-order valence-electron chi connectivity index (χ3n) is 2.70. The number of hydrogen-bond donors (Lipinski definition) is 1. The SMILES string of the molecule is CC1(C)COCC(Cc2ccccc2)N1. The van der Waals surface area contributed by atoms with E-state index in [1.165, 1.54) is 5.56 Å². The maximum atomic E-state index is 5.61. The number of morpholine rings is 1. The number of hydrogen-bond acceptors (Lipinski definition) is 2. The number of rotatable bonds is 2. The summed E-state index contributed by atoms with van der Waals surface area (Å²) in [5, 5.41) is 3.62. The van der Waals surface area contributed by atoms with Crippen LogP contribution in [0.5, 0.6) is 0 Å². The Labute approximate surface area is 91.6 Å². The lowest BCUT2D eigenvalue weighted by molar-refractivity contribution is 0.0135. The fourth-order valence-corrected chi connectivity index (χ4v) is 2.10. The number of ether oxygens (including phenoxy) is 1. The zero-order valence-corrected chi connectivity index (χ0v) is 9.49. The summed E-state index contributed by atoms with van der Waals surface area (Å²) in [7, 11) is 0. The Bertz CT molecular complexity index is 308. The van der Waals surface area contributed by atoms with Crippen LogP contribution in [0.25, 0.3) is 0 Å². The second-order valence-corrected chi connectivity index (χ2v) is 4.93. The fourth-order valence-electron chi connectivity index (χ4n) is 2.10. The molecule has 2 heteroatoms. The Morgan fingerprint density at radius 2 is 2.07 bits per heavy atom. The number of benzene rings is 1. The van der Waals surface area contributed by atoms with Gasteiger partial charge in [0, 0.05) is 11.6 Å². The Balaban J connectivity index is 1.95. The maximum absolute atomic E-state index is 5.61. The van der Waals surface area contributed by atoms with E-state index in [2.05, 4.69) is 49.5 Å². The van der Waals surface area contributed by atoms with Crippen molar-refractivity contribution in [3.05, 3.63) is 35.9 Å². The van der Waals surface area contributed by atoms with Gasteiger partial charge in [-0.15, -0.1) is 0 Å². The molecule has 1 fully saturated rings. The predicted molar refractivity (Wildman–Crippen MR) is 62.0 cm³/mol. The topological polar surface area (TPSA) is 21.3 Å². The van der Waals surface area contributed by atoms with Gasteiger partial charge in [0.25, 0.3) is 0 Å². The molecule has 1 saturated heterocycles. The third-order valence-corrected chi connectivity index (χ3v) is 2.70. The van der Waals surface area contributed by atoms with Crippen molar-refractivity contribution < 1.29 is 4.74 Å². The van der Waals surface area contributed by atoms with Gasteiger partial charge in [-0.2, -0.15) is 0 Å². The summed E-state index contributed by atoms with van der Waals surface area (Å²) < 4.78 is 5.61. The van der Waals surface area contributed by atoms with Gasteiger partial charge in [-0.25, -0.2) is 0 Å². The Hall–Kier alpha value is -0.860. The summed E-state index contributed by atoms with van der Waals surface area (Å²) in [5.41, 5.74) is 1.48. The summed E-state index contributed by atoms with van der Waals surface area (Å²) in [6, 6.07) is 11.0. The standard InChI is InChI=1S/C13H19NO/c1-13(2)10-15-9-12(14-13)8-11-6-4-3-5-7-11/h3-7,12,14H,8-10H2,1-2H3. The monoisotopic (exact) mass is 205 g/mol. The molecule has 1 aromatic carbocycles. The van der Waals surface area contributed by atoms with E-state index in [0.29, 0.717) is 6.04 Å². The van der Waals surface area contributed by atoms with Crippen LogP contribution >= 0.6 is 0 Å². The minimum absolute atomic E-state index is 0.109. The molecule has 1 unspecified atom stereocenters. The van der Waals surface area contributed by atoms with E-state index in [-0.39, 0.29) is 5.54 Å². The Morgan fingerprint density at radius 3 is 2.73 bits per heavy atom. The van der Waals surface area contributed by atoms with Crippen LogP contribution < -0.4 is 5.32 Å². The molecule has 82 valence electrons. The quantitative estimate of drug-likeness (QED) is 0.797. The molecule has 0 aromatic heterocycles. The normalized spacial score (nSPS) is 25.1. The van der Waals surface area contributed by atoms with Gasteiger partial charge in [-0.05, 0) is 25.8 Å². The average Bonchev–Trinajstić information content (AvgIpc) is 2.17. The molecule has 1 aliphatic heterocycles. The number of nitrogens with one attached hydrogen (secondary N) is 1. The van der Waals surface area contributed by atoms with Crippen molar-refractivity contribution in [1.29, 1.82) is 0 Å². The van der Waals surface area contributed by atoms with Gasteiger partial charge in [0.1, 0.15) is 0 Å². The highest BCUT2D eigenvalue weighted by Gasteiger charge is 2.27. The van der Waals surface area contributed by atoms with E-state index in [9.17, 15) is 0 Å². The zero-order chi connectivity index (χ0) is 10.7. The molecule has 2 rings (SSSR count). The molecule has 1 atom stereocenters. The van der Waals surface area contributed by atoms with Crippen LogP contribution in [0.3, 0.4) is 0 Å². The highest BCUT2D eigenvalue weighted by atomic mass is 16.5. The lowest BCUT2D eigenvalue weighted by Gasteiger charge is -2.37. The molecule has 15 heavy (non-hydrogen) atoms. The van der Waals surface area contributed by atoms with E-state index < -0.39 is 0 Å². The fraction of sp³-hybridized carbons (Fsp3) is 0.538. The van der Waals surface area contributed by atoms with Crippen LogP contribution in [0.15, 0.2) is 30.3 Å². The van der Waals surface area contributed by atoms with Crippen molar-refractivity contribution in [2.75, 3.05) is 13.2 Å². The Kier molecular flexibility index (Phi) is 3.08. The summed E-state index contributed by atoms with van der Waals surface area (Å²) in [6.45, 7) is 5.99. The van der Waals surface area contributed by atoms with Crippen LogP contribution in [0.1, 0.15) is 19.4 Å². The van der Waals surface area contributed by atoms with Crippen molar-refractivity contribution in [2.45, 2.75) is 31.8 Å². The van der Waals surface area contributed by atoms with E-state index in [4.69, 9.17) is 4.74 Å². The lowest BCUT2D eigenvalue weighted by atomic mass is 9.99. The zero-order valence-electron chi connectivity index (χ0n) is 9.49. The smallest absolute Gasteiger partial charge is 0.0643 e. The Morgan fingerprint density at radius 1 is 1.33 bits per heavy atom. The summed E-state index contributed by atoms with van der Waals surface area (Å²) in [4.78, 5) is 0. The van der Waals surface area contributed by atoms with E-state index in [1.54, 1.807) is 0 Å². The van der Waals surface area contributed by atoms with Gasteiger partial charge >= 0.3 is 0 Å². The summed E-state index contributed by atoms with van der Waals surface area (Å²) in [6.07, 6.45) is 1.05. The van der Waals surface area contributed by atoms with Crippen LogP contribution in [-0.4, -0.2) is 24.8 Å². The highest BCUT2D eigenvalue weighted by Crippen LogP contribution is 2.13. The van der Waals surface area contributed by atoms with Gasteiger partial charge < -0.3 is 10.1 Å².